The van der Waals surface area contributed by atoms with Crippen LogP contribution < -0.4 is 5.32 Å². The quantitative estimate of drug-likeness (QED) is 0.764. The molecular formula is C13H21BrN2. The van der Waals surface area contributed by atoms with E-state index in [-0.39, 0.29) is 0 Å². The number of hydrogen-bond donors (Lipinski definition) is 1. The lowest BCUT2D eigenvalue weighted by Crippen LogP contribution is -2.18. The second-order valence-corrected chi connectivity index (χ2v) is 4.92. The van der Waals surface area contributed by atoms with Crippen molar-refractivity contribution in [3.05, 3.63) is 28.5 Å². The first kappa shape index (κ1) is 13.7. The lowest BCUT2D eigenvalue weighted by atomic mass is 10.0. The highest BCUT2D eigenvalue weighted by Crippen LogP contribution is 2.24. The van der Waals surface area contributed by atoms with E-state index in [2.05, 4.69) is 39.2 Å². The minimum atomic E-state index is 0.368. The van der Waals surface area contributed by atoms with Gasteiger partial charge in [0.1, 0.15) is 0 Å². The van der Waals surface area contributed by atoms with E-state index in [9.17, 15) is 0 Å². The van der Waals surface area contributed by atoms with Gasteiger partial charge in [0, 0.05) is 10.7 Å². The Morgan fingerprint density at radius 2 is 2.19 bits per heavy atom. The van der Waals surface area contributed by atoms with Gasteiger partial charge in [0.05, 0.1) is 11.7 Å². The molecule has 3 heteroatoms. The van der Waals surface area contributed by atoms with Crippen LogP contribution in [0.2, 0.25) is 0 Å². The van der Waals surface area contributed by atoms with Gasteiger partial charge in [-0.15, -0.1) is 0 Å². The van der Waals surface area contributed by atoms with E-state index in [4.69, 9.17) is 0 Å². The van der Waals surface area contributed by atoms with Crippen LogP contribution in [0.1, 0.15) is 50.8 Å². The highest BCUT2D eigenvalue weighted by atomic mass is 79.9. The molecule has 0 amide bonds. The van der Waals surface area contributed by atoms with Crippen molar-refractivity contribution in [2.75, 3.05) is 7.05 Å². The molecule has 0 fully saturated rings. The van der Waals surface area contributed by atoms with Crippen LogP contribution in [-0.2, 0) is 0 Å². The van der Waals surface area contributed by atoms with Crippen LogP contribution in [-0.4, -0.2) is 12.0 Å². The monoisotopic (exact) mass is 284 g/mol. The zero-order chi connectivity index (χ0) is 11.8. The van der Waals surface area contributed by atoms with Crippen LogP contribution in [0.4, 0.5) is 0 Å². The lowest BCUT2D eigenvalue weighted by Gasteiger charge is -2.16. The van der Waals surface area contributed by atoms with E-state index in [1.807, 2.05) is 19.3 Å². The molecule has 0 aliphatic carbocycles. The van der Waals surface area contributed by atoms with Crippen LogP contribution in [0.3, 0.4) is 0 Å². The van der Waals surface area contributed by atoms with E-state index < -0.39 is 0 Å². The van der Waals surface area contributed by atoms with Crippen molar-refractivity contribution in [2.45, 2.75) is 45.1 Å². The highest BCUT2D eigenvalue weighted by molar-refractivity contribution is 9.10. The Morgan fingerprint density at radius 1 is 1.38 bits per heavy atom. The second kappa shape index (κ2) is 7.80. The third-order valence-corrected chi connectivity index (χ3v) is 3.48. The summed E-state index contributed by atoms with van der Waals surface area (Å²) >= 11 is 3.56. The number of nitrogens with zero attached hydrogens (tertiary/aromatic N) is 1. The zero-order valence-electron chi connectivity index (χ0n) is 10.2. The molecule has 0 saturated carbocycles. The normalized spacial score (nSPS) is 12.7. The SMILES string of the molecule is CCCCCCC(NC)c1ncccc1Br. The maximum Gasteiger partial charge on any atom is 0.0714 e. The average molecular weight is 285 g/mol. The summed E-state index contributed by atoms with van der Waals surface area (Å²) in [5.41, 5.74) is 1.13. The van der Waals surface area contributed by atoms with Crippen molar-refractivity contribution in [1.82, 2.24) is 10.3 Å². The molecule has 90 valence electrons. The first-order valence-electron chi connectivity index (χ1n) is 6.07. The Bertz CT molecular complexity index is 302. The topological polar surface area (TPSA) is 24.9 Å². The molecule has 1 N–H and O–H groups in total. The van der Waals surface area contributed by atoms with Gasteiger partial charge in [0.2, 0.25) is 0 Å². The molecule has 1 unspecified atom stereocenters. The standard InChI is InChI=1S/C13H21BrN2/c1-3-4-5-6-9-12(15-2)13-11(14)8-7-10-16-13/h7-8,10,12,15H,3-6,9H2,1-2H3. The van der Waals surface area contributed by atoms with Crippen molar-refractivity contribution >= 4 is 15.9 Å². The van der Waals surface area contributed by atoms with Crippen LogP contribution in [0.5, 0.6) is 0 Å². The van der Waals surface area contributed by atoms with E-state index in [1.54, 1.807) is 0 Å². The van der Waals surface area contributed by atoms with Gasteiger partial charge < -0.3 is 5.32 Å². The Labute approximate surface area is 107 Å². The smallest absolute Gasteiger partial charge is 0.0714 e. The number of aromatic nitrogens is 1. The predicted molar refractivity (Wildman–Crippen MR) is 72.5 cm³/mol. The van der Waals surface area contributed by atoms with Crippen LogP contribution in [0.25, 0.3) is 0 Å². The Morgan fingerprint density at radius 3 is 2.81 bits per heavy atom. The van der Waals surface area contributed by atoms with Crippen LogP contribution in [0, 0.1) is 0 Å². The Kier molecular flexibility index (Phi) is 6.65. The fourth-order valence-corrected chi connectivity index (χ4v) is 2.38. The molecule has 0 bridgehead atoms. The Hall–Kier alpha value is -0.410. The van der Waals surface area contributed by atoms with Gasteiger partial charge in [-0.3, -0.25) is 4.98 Å². The summed E-state index contributed by atoms with van der Waals surface area (Å²) in [5.74, 6) is 0. The summed E-state index contributed by atoms with van der Waals surface area (Å²) in [7, 11) is 2.01. The van der Waals surface area contributed by atoms with E-state index in [0.717, 1.165) is 16.6 Å². The van der Waals surface area contributed by atoms with Gasteiger partial charge in [-0.1, -0.05) is 32.6 Å². The molecule has 0 aliphatic heterocycles. The molecule has 1 heterocycles. The molecule has 1 rings (SSSR count). The van der Waals surface area contributed by atoms with Crippen molar-refractivity contribution in [3.63, 3.8) is 0 Å². The number of rotatable bonds is 7. The number of unbranched alkanes of at least 4 members (excludes halogenated alkanes) is 3. The molecule has 0 saturated heterocycles. The predicted octanol–water partition coefficient (Wildman–Crippen LogP) is 4.08. The van der Waals surface area contributed by atoms with Crippen molar-refractivity contribution < 1.29 is 0 Å². The van der Waals surface area contributed by atoms with E-state index >= 15 is 0 Å². The van der Waals surface area contributed by atoms with Gasteiger partial charge in [-0.05, 0) is 41.5 Å². The van der Waals surface area contributed by atoms with Crippen molar-refractivity contribution in [3.8, 4) is 0 Å². The average Bonchev–Trinajstić information content (AvgIpc) is 2.31. The third kappa shape index (κ3) is 4.22. The minimum absolute atomic E-state index is 0.368. The highest BCUT2D eigenvalue weighted by Gasteiger charge is 2.12. The summed E-state index contributed by atoms with van der Waals surface area (Å²) in [5, 5.41) is 3.34. The molecule has 2 nitrogen and oxygen atoms in total. The maximum absolute atomic E-state index is 4.44. The van der Waals surface area contributed by atoms with Crippen LogP contribution in [0.15, 0.2) is 22.8 Å². The summed E-state index contributed by atoms with van der Waals surface area (Å²) in [4.78, 5) is 4.44. The molecule has 1 aromatic heterocycles. The summed E-state index contributed by atoms with van der Waals surface area (Å²) in [6.07, 6.45) is 8.22. The number of nitrogens with one attached hydrogen (secondary N) is 1. The summed E-state index contributed by atoms with van der Waals surface area (Å²) in [6, 6.07) is 4.38. The largest absolute Gasteiger partial charge is 0.312 e. The first-order chi connectivity index (χ1) is 7.79. The number of hydrogen-bond acceptors (Lipinski definition) is 2. The molecule has 1 atom stereocenters. The van der Waals surface area contributed by atoms with Gasteiger partial charge in [-0.25, -0.2) is 0 Å². The Balaban J connectivity index is 2.51. The zero-order valence-corrected chi connectivity index (χ0v) is 11.8. The molecule has 1 aromatic rings. The van der Waals surface area contributed by atoms with Gasteiger partial charge in [0.25, 0.3) is 0 Å². The first-order valence-corrected chi connectivity index (χ1v) is 6.86. The molecule has 0 spiro atoms. The lowest BCUT2D eigenvalue weighted by molar-refractivity contribution is 0.494. The van der Waals surface area contributed by atoms with E-state index in [1.165, 1.54) is 25.7 Å². The summed E-state index contributed by atoms with van der Waals surface area (Å²) in [6.45, 7) is 2.24. The van der Waals surface area contributed by atoms with Gasteiger partial charge in [-0.2, -0.15) is 0 Å². The second-order valence-electron chi connectivity index (χ2n) is 4.06. The van der Waals surface area contributed by atoms with Crippen molar-refractivity contribution in [2.24, 2.45) is 0 Å². The minimum Gasteiger partial charge on any atom is -0.312 e. The fraction of sp³-hybridized carbons (Fsp3) is 0.615. The fourth-order valence-electron chi connectivity index (χ4n) is 1.85. The molecule has 0 aliphatic rings. The molecular weight excluding hydrogens is 264 g/mol. The molecule has 0 aromatic carbocycles. The molecule has 0 radical (unpaired) electrons. The van der Waals surface area contributed by atoms with Gasteiger partial charge >= 0.3 is 0 Å². The molecule has 16 heavy (non-hydrogen) atoms. The van der Waals surface area contributed by atoms with Gasteiger partial charge in [0.15, 0.2) is 0 Å². The number of pyridine rings is 1. The maximum atomic E-state index is 4.44. The third-order valence-electron chi connectivity index (χ3n) is 2.81. The van der Waals surface area contributed by atoms with Crippen molar-refractivity contribution in [1.29, 1.82) is 0 Å². The van der Waals surface area contributed by atoms with E-state index in [0.29, 0.717) is 6.04 Å². The van der Waals surface area contributed by atoms with Crippen LogP contribution >= 0.6 is 15.9 Å². The summed E-state index contributed by atoms with van der Waals surface area (Å²) < 4.78 is 1.10. The number of halogens is 1.